The molecular formula is C28H22Cl2O2Zr. The molecule has 0 aliphatic heterocycles. The first-order valence-corrected chi connectivity index (χ1v) is 10.1. The van der Waals surface area contributed by atoms with E-state index in [1.165, 1.54) is 43.8 Å². The zero-order valence-corrected chi connectivity index (χ0v) is 22.3. The first-order chi connectivity index (χ1) is 14.7. The SMILES string of the molecule is C[c-]1c(-c2ccco2)cc2ccccc21.C[c-]1c(-c2ccco2)cc2ccccc21.[Cl-].[Cl-].[Zr+4]. The van der Waals surface area contributed by atoms with Gasteiger partial charge < -0.3 is 33.6 Å². The van der Waals surface area contributed by atoms with Gasteiger partial charge in [-0.3, -0.25) is 0 Å². The average Bonchev–Trinajstić information content (AvgIpc) is 3.56. The van der Waals surface area contributed by atoms with E-state index < -0.39 is 0 Å². The largest absolute Gasteiger partial charge is 4.00 e. The maximum absolute atomic E-state index is 5.43. The molecule has 6 aromatic rings. The molecule has 5 heteroatoms. The third-order valence-electron chi connectivity index (χ3n) is 5.71. The predicted octanol–water partition coefficient (Wildman–Crippen LogP) is 2.26. The van der Waals surface area contributed by atoms with Gasteiger partial charge in [0.1, 0.15) is 0 Å². The molecule has 0 unspecified atom stereocenters. The van der Waals surface area contributed by atoms with Crippen molar-refractivity contribution < 1.29 is 59.9 Å². The first kappa shape index (κ1) is 26.9. The first-order valence-electron chi connectivity index (χ1n) is 10.1. The van der Waals surface area contributed by atoms with E-state index in [9.17, 15) is 0 Å². The number of furan rings is 2. The quantitative estimate of drug-likeness (QED) is 0.308. The van der Waals surface area contributed by atoms with E-state index in [1.807, 2.05) is 24.3 Å². The number of fused-ring (bicyclic) bond motifs is 2. The van der Waals surface area contributed by atoms with E-state index in [0.29, 0.717) is 0 Å². The molecule has 0 bridgehead atoms. The average molecular weight is 553 g/mol. The Morgan fingerprint density at radius 1 is 0.545 bits per heavy atom. The molecule has 6 rings (SSSR count). The van der Waals surface area contributed by atoms with E-state index in [-0.39, 0.29) is 51.0 Å². The van der Waals surface area contributed by atoms with Crippen LogP contribution in [0.4, 0.5) is 0 Å². The number of rotatable bonds is 2. The maximum atomic E-state index is 5.43. The summed E-state index contributed by atoms with van der Waals surface area (Å²) in [6.45, 7) is 4.28. The van der Waals surface area contributed by atoms with Crippen molar-refractivity contribution >= 4 is 21.5 Å². The summed E-state index contributed by atoms with van der Waals surface area (Å²) in [6.07, 6.45) is 3.43. The number of hydrogen-bond donors (Lipinski definition) is 0. The summed E-state index contributed by atoms with van der Waals surface area (Å²) < 4.78 is 10.9. The van der Waals surface area contributed by atoms with E-state index in [1.54, 1.807) is 12.5 Å². The Labute approximate surface area is 225 Å². The van der Waals surface area contributed by atoms with Crippen molar-refractivity contribution in [1.82, 2.24) is 0 Å². The molecule has 0 aliphatic carbocycles. The molecular weight excluding hydrogens is 530 g/mol. The second-order valence-electron chi connectivity index (χ2n) is 7.50. The molecule has 0 radical (unpaired) electrons. The van der Waals surface area contributed by atoms with Gasteiger partial charge in [-0.2, -0.15) is 0 Å². The number of benzene rings is 2. The molecule has 0 saturated carbocycles. The van der Waals surface area contributed by atoms with Crippen molar-refractivity contribution in [2.45, 2.75) is 13.8 Å². The van der Waals surface area contributed by atoms with Gasteiger partial charge in [-0.05, 0) is 12.1 Å². The van der Waals surface area contributed by atoms with Crippen molar-refractivity contribution in [2.24, 2.45) is 0 Å². The molecule has 4 aromatic carbocycles. The summed E-state index contributed by atoms with van der Waals surface area (Å²) in [5.41, 5.74) is 4.98. The van der Waals surface area contributed by atoms with Gasteiger partial charge in [-0.1, -0.05) is 73.5 Å². The van der Waals surface area contributed by atoms with Crippen LogP contribution in [0.15, 0.2) is 106 Å². The summed E-state index contributed by atoms with van der Waals surface area (Å²) >= 11 is 0. The Balaban J connectivity index is 0.000000214. The third kappa shape index (κ3) is 5.27. The fourth-order valence-corrected chi connectivity index (χ4v) is 4.12. The maximum Gasteiger partial charge on any atom is 4.00 e. The smallest absolute Gasteiger partial charge is 1.00 e. The Hall–Kier alpha value is -2.32. The minimum Gasteiger partial charge on any atom is -1.00 e. The van der Waals surface area contributed by atoms with Crippen molar-refractivity contribution in [3.8, 4) is 22.6 Å². The van der Waals surface area contributed by atoms with Crippen LogP contribution in [0.25, 0.3) is 44.2 Å². The molecule has 2 nitrogen and oxygen atoms in total. The van der Waals surface area contributed by atoms with Crippen LogP contribution in [-0.2, 0) is 26.2 Å². The number of halogens is 2. The molecule has 0 atom stereocenters. The van der Waals surface area contributed by atoms with Crippen LogP contribution in [0, 0.1) is 13.8 Å². The van der Waals surface area contributed by atoms with Gasteiger partial charge in [-0.25, -0.2) is 0 Å². The van der Waals surface area contributed by atoms with Crippen LogP contribution in [0.2, 0.25) is 0 Å². The van der Waals surface area contributed by atoms with Crippen LogP contribution >= 0.6 is 0 Å². The zero-order valence-electron chi connectivity index (χ0n) is 18.3. The Morgan fingerprint density at radius 3 is 1.27 bits per heavy atom. The fourth-order valence-electron chi connectivity index (χ4n) is 4.12. The van der Waals surface area contributed by atoms with Crippen LogP contribution < -0.4 is 24.8 Å². The molecule has 0 fully saturated rings. The molecule has 0 aliphatic rings. The minimum atomic E-state index is 0. The van der Waals surface area contributed by atoms with Crippen molar-refractivity contribution in [3.05, 3.63) is 109 Å². The van der Waals surface area contributed by atoms with Crippen molar-refractivity contribution in [3.63, 3.8) is 0 Å². The number of hydrogen-bond acceptors (Lipinski definition) is 2. The molecule has 0 spiro atoms. The van der Waals surface area contributed by atoms with Gasteiger partial charge in [0.2, 0.25) is 0 Å². The van der Waals surface area contributed by atoms with Gasteiger partial charge >= 0.3 is 26.2 Å². The Morgan fingerprint density at radius 2 is 0.939 bits per heavy atom. The Kier molecular flexibility index (Phi) is 9.55. The summed E-state index contributed by atoms with van der Waals surface area (Å²) in [7, 11) is 0. The summed E-state index contributed by atoms with van der Waals surface area (Å²) in [4.78, 5) is 0. The standard InChI is InChI=1S/2C14H11O.2ClH.Zr/c2*1-10-12-6-3-2-5-11(12)9-13(10)14-7-4-8-15-14;;;/h2*2-9H,1H3;2*1H;/q2*-1;;;+4/p-2. The Bertz CT molecular complexity index is 1300. The number of aryl methyl sites for hydroxylation is 2. The van der Waals surface area contributed by atoms with Gasteiger partial charge in [0.15, 0.2) is 0 Å². The van der Waals surface area contributed by atoms with Crippen LogP contribution in [0.3, 0.4) is 0 Å². The monoisotopic (exact) mass is 550 g/mol. The van der Waals surface area contributed by atoms with Gasteiger partial charge in [-0.15, -0.1) is 56.9 Å². The summed E-state index contributed by atoms with van der Waals surface area (Å²) in [6, 6.07) is 29.1. The molecule has 0 saturated heterocycles. The molecule has 2 heterocycles. The van der Waals surface area contributed by atoms with Crippen molar-refractivity contribution in [1.29, 1.82) is 0 Å². The van der Waals surface area contributed by atoms with Gasteiger partial charge in [0.05, 0.1) is 24.0 Å². The summed E-state index contributed by atoms with van der Waals surface area (Å²) in [5.74, 6) is 1.90. The fraction of sp³-hybridized carbons (Fsp3) is 0.0714. The normalized spacial score (nSPS) is 10.0. The third-order valence-corrected chi connectivity index (χ3v) is 5.71. The second kappa shape index (κ2) is 11.7. The van der Waals surface area contributed by atoms with E-state index in [4.69, 9.17) is 8.83 Å². The van der Waals surface area contributed by atoms with Crippen molar-refractivity contribution in [2.75, 3.05) is 0 Å². The topological polar surface area (TPSA) is 26.3 Å². The molecule has 33 heavy (non-hydrogen) atoms. The molecule has 0 N–H and O–H groups in total. The van der Waals surface area contributed by atoms with Crippen LogP contribution in [0.5, 0.6) is 0 Å². The van der Waals surface area contributed by atoms with Crippen LogP contribution in [0.1, 0.15) is 11.1 Å². The van der Waals surface area contributed by atoms with E-state index in [0.717, 1.165) is 11.5 Å². The summed E-state index contributed by atoms with van der Waals surface area (Å²) in [5, 5.41) is 5.18. The molecule has 164 valence electrons. The molecule has 0 amide bonds. The minimum absolute atomic E-state index is 0. The second-order valence-corrected chi connectivity index (χ2v) is 7.50. The van der Waals surface area contributed by atoms with E-state index >= 15 is 0 Å². The van der Waals surface area contributed by atoms with Gasteiger partial charge in [0.25, 0.3) is 0 Å². The molecule has 2 aromatic heterocycles. The zero-order chi connectivity index (χ0) is 20.5. The predicted molar refractivity (Wildman–Crippen MR) is 124 cm³/mol. The van der Waals surface area contributed by atoms with E-state index in [2.05, 4.69) is 74.5 Å². The van der Waals surface area contributed by atoms with Crippen LogP contribution in [-0.4, -0.2) is 0 Å². The van der Waals surface area contributed by atoms with Gasteiger partial charge in [0, 0.05) is 0 Å².